The second-order valence-corrected chi connectivity index (χ2v) is 4.22. The number of nitrogen functional groups attached to an aromatic ring is 1. The Labute approximate surface area is 108 Å². The summed E-state index contributed by atoms with van der Waals surface area (Å²) in [5, 5.41) is 9.20. The summed E-state index contributed by atoms with van der Waals surface area (Å²) in [5.74, 6) is -0.968. The Hall–Kier alpha value is -1.93. The first-order valence-corrected chi connectivity index (χ1v) is 5.75. The first-order valence-electron chi connectivity index (χ1n) is 5.75. The van der Waals surface area contributed by atoms with Crippen molar-refractivity contribution in [1.29, 1.82) is 0 Å². The normalized spacial score (nSPS) is 26.3. The topological polar surface area (TPSA) is 117 Å². The molecule has 0 spiro atoms. The van der Waals surface area contributed by atoms with Crippen LogP contribution in [0.4, 0.5) is 5.82 Å². The Morgan fingerprint density at radius 1 is 1.74 bits per heavy atom. The number of anilines is 1. The van der Waals surface area contributed by atoms with Crippen LogP contribution in [0.25, 0.3) is 0 Å². The van der Waals surface area contributed by atoms with Crippen LogP contribution in [-0.2, 0) is 14.3 Å². The Morgan fingerprint density at radius 3 is 3.05 bits per heavy atom. The van der Waals surface area contributed by atoms with Gasteiger partial charge in [0, 0.05) is 12.6 Å². The van der Waals surface area contributed by atoms with Crippen molar-refractivity contribution >= 4 is 11.8 Å². The Bertz CT molecular complexity index is 529. The lowest BCUT2D eigenvalue weighted by molar-refractivity contribution is -0.148. The molecule has 8 heteroatoms. The lowest BCUT2D eigenvalue weighted by Crippen LogP contribution is -2.28. The van der Waals surface area contributed by atoms with Gasteiger partial charge in [-0.1, -0.05) is 0 Å². The molecule has 104 valence electrons. The standard InChI is InChI=1S/C11H15N3O5/c1-18-10(16)6-4-9(19-7(6)5-15)14-3-2-8(12)13-11(14)17/h2-3,6-7,9,15H,4-5H2,1H3,(H2,12,13,17)/t6-,7+,9+/m0/s1. The van der Waals surface area contributed by atoms with E-state index in [2.05, 4.69) is 9.72 Å². The van der Waals surface area contributed by atoms with E-state index in [1.807, 2.05) is 0 Å². The summed E-state index contributed by atoms with van der Waals surface area (Å²) < 4.78 is 11.4. The predicted molar refractivity (Wildman–Crippen MR) is 64.0 cm³/mol. The molecule has 0 bridgehead atoms. The zero-order chi connectivity index (χ0) is 14.0. The number of ether oxygens (including phenoxy) is 2. The highest BCUT2D eigenvalue weighted by Crippen LogP contribution is 2.33. The van der Waals surface area contributed by atoms with Crippen molar-refractivity contribution in [2.24, 2.45) is 5.92 Å². The molecular weight excluding hydrogens is 254 g/mol. The Balaban J connectivity index is 2.24. The maximum absolute atomic E-state index is 11.7. The highest BCUT2D eigenvalue weighted by atomic mass is 16.5. The third kappa shape index (κ3) is 2.59. The number of carbonyl (C=O) groups is 1. The maximum Gasteiger partial charge on any atom is 0.351 e. The number of rotatable bonds is 3. The van der Waals surface area contributed by atoms with Crippen molar-refractivity contribution in [2.45, 2.75) is 18.8 Å². The smallest absolute Gasteiger partial charge is 0.351 e. The summed E-state index contributed by atoms with van der Waals surface area (Å²) in [4.78, 5) is 26.8. The lowest BCUT2D eigenvalue weighted by Gasteiger charge is -2.14. The average Bonchev–Trinajstić information content (AvgIpc) is 2.81. The molecule has 0 saturated carbocycles. The van der Waals surface area contributed by atoms with Crippen molar-refractivity contribution in [2.75, 3.05) is 19.5 Å². The number of aromatic nitrogens is 2. The molecule has 1 fully saturated rings. The van der Waals surface area contributed by atoms with Crippen molar-refractivity contribution in [3.8, 4) is 0 Å². The minimum absolute atomic E-state index is 0.113. The summed E-state index contributed by atoms with van der Waals surface area (Å²) in [6.45, 7) is -0.326. The van der Waals surface area contributed by atoms with E-state index in [1.165, 1.54) is 23.9 Å². The number of esters is 1. The average molecular weight is 269 g/mol. The molecule has 2 rings (SSSR count). The zero-order valence-corrected chi connectivity index (χ0v) is 10.4. The first-order chi connectivity index (χ1) is 9.06. The van der Waals surface area contributed by atoms with Crippen molar-refractivity contribution in [3.63, 3.8) is 0 Å². The van der Waals surface area contributed by atoms with Crippen LogP contribution in [0.3, 0.4) is 0 Å². The minimum atomic E-state index is -0.693. The fourth-order valence-corrected chi connectivity index (χ4v) is 2.12. The van der Waals surface area contributed by atoms with Gasteiger partial charge in [0.25, 0.3) is 0 Å². The van der Waals surface area contributed by atoms with Crippen LogP contribution in [0.5, 0.6) is 0 Å². The molecule has 0 amide bonds. The number of methoxy groups -OCH3 is 1. The van der Waals surface area contributed by atoms with E-state index in [-0.39, 0.29) is 18.8 Å². The van der Waals surface area contributed by atoms with E-state index >= 15 is 0 Å². The number of nitrogens with two attached hydrogens (primary N) is 1. The largest absolute Gasteiger partial charge is 0.469 e. The van der Waals surface area contributed by atoms with Gasteiger partial charge in [-0.25, -0.2) is 4.79 Å². The number of aliphatic hydroxyl groups is 1. The molecule has 2 heterocycles. The van der Waals surface area contributed by atoms with Crippen LogP contribution in [0, 0.1) is 5.92 Å². The fourth-order valence-electron chi connectivity index (χ4n) is 2.12. The molecule has 1 aromatic heterocycles. The highest BCUT2D eigenvalue weighted by molar-refractivity contribution is 5.73. The van der Waals surface area contributed by atoms with E-state index < -0.39 is 29.9 Å². The molecule has 0 radical (unpaired) electrons. The molecule has 1 aliphatic rings. The predicted octanol–water partition coefficient (Wildman–Crippen LogP) is -1.11. The van der Waals surface area contributed by atoms with Crippen LogP contribution in [-0.4, -0.2) is 40.4 Å². The van der Waals surface area contributed by atoms with Crippen molar-refractivity contribution in [3.05, 3.63) is 22.7 Å². The number of hydrogen-bond donors (Lipinski definition) is 2. The van der Waals surface area contributed by atoms with Crippen LogP contribution >= 0.6 is 0 Å². The van der Waals surface area contributed by atoms with E-state index in [1.54, 1.807) is 0 Å². The summed E-state index contributed by atoms with van der Waals surface area (Å²) in [6.07, 6.45) is 0.330. The van der Waals surface area contributed by atoms with Gasteiger partial charge < -0.3 is 20.3 Å². The van der Waals surface area contributed by atoms with Gasteiger partial charge >= 0.3 is 11.7 Å². The monoisotopic (exact) mass is 269 g/mol. The van der Waals surface area contributed by atoms with Gasteiger partial charge in [0.15, 0.2) is 0 Å². The molecule has 1 aliphatic heterocycles. The summed E-state index contributed by atoms with van der Waals surface area (Å²) in [6, 6.07) is 1.46. The van der Waals surface area contributed by atoms with Crippen LogP contribution in [0.1, 0.15) is 12.6 Å². The molecule has 0 unspecified atom stereocenters. The SMILES string of the molecule is COC(=O)[C@H]1C[C@H](n2ccc(N)nc2=O)O[C@@H]1CO. The molecule has 3 N–H and O–H groups in total. The third-order valence-corrected chi connectivity index (χ3v) is 3.08. The second-order valence-electron chi connectivity index (χ2n) is 4.22. The van der Waals surface area contributed by atoms with Gasteiger partial charge in [0.1, 0.15) is 12.0 Å². The molecular formula is C11H15N3O5. The van der Waals surface area contributed by atoms with Gasteiger partial charge in [0.2, 0.25) is 0 Å². The van der Waals surface area contributed by atoms with Gasteiger partial charge in [-0.15, -0.1) is 0 Å². The summed E-state index contributed by atoms with van der Waals surface area (Å²) >= 11 is 0. The molecule has 1 aromatic rings. The number of hydrogen-bond acceptors (Lipinski definition) is 7. The molecule has 19 heavy (non-hydrogen) atoms. The van der Waals surface area contributed by atoms with Gasteiger partial charge in [-0.05, 0) is 6.07 Å². The van der Waals surface area contributed by atoms with Gasteiger partial charge in [-0.3, -0.25) is 9.36 Å². The lowest BCUT2D eigenvalue weighted by atomic mass is 10.0. The Morgan fingerprint density at radius 2 is 2.47 bits per heavy atom. The maximum atomic E-state index is 11.7. The molecule has 0 aliphatic carbocycles. The molecule has 8 nitrogen and oxygen atoms in total. The summed E-state index contributed by atoms with van der Waals surface area (Å²) in [5.41, 5.74) is 4.83. The third-order valence-electron chi connectivity index (χ3n) is 3.08. The number of aliphatic hydroxyl groups excluding tert-OH is 1. The van der Waals surface area contributed by atoms with Crippen molar-refractivity contribution < 1.29 is 19.4 Å². The van der Waals surface area contributed by atoms with E-state index in [0.29, 0.717) is 0 Å². The molecule has 3 atom stereocenters. The van der Waals surface area contributed by atoms with Crippen LogP contribution in [0.2, 0.25) is 0 Å². The highest BCUT2D eigenvalue weighted by Gasteiger charge is 2.41. The number of carbonyl (C=O) groups excluding carboxylic acids is 1. The number of nitrogens with zero attached hydrogens (tertiary/aromatic N) is 2. The van der Waals surface area contributed by atoms with Gasteiger partial charge in [0.05, 0.1) is 25.7 Å². The zero-order valence-electron chi connectivity index (χ0n) is 10.4. The van der Waals surface area contributed by atoms with Gasteiger partial charge in [-0.2, -0.15) is 4.98 Å². The second kappa shape index (κ2) is 5.37. The van der Waals surface area contributed by atoms with E-state index in [0.717, 1.165) is 0 Å². The molecule has 0 aromatic carbocycles. The Kier molecular flexibility index (Phi) is 3.82. The van der Waals surface area contributed by atoms with Crippen LogP contribution < -0.4 is 11.4 Å². The minimum Gasteiger partial charge on any atom is -0.469 e. The van der Waals surface area contributed by atoms with E-state index in [4.69, 9.17) is 10.5 Å². The van der Waals surface area contributed by atoms with Crippen LogP contribution in [0.15, 0.2) is 17.1 Å². The first kappa shape index (κ1) is 13.5. The fraction of sp³-hybridized carbons (Fsp3) is 0.545. The molecule has 1 saturated heterocycles. The quantitative estimate of drug-likeness (QED) is 0.668. The summed E-state index contributed by atoms with van der Waals surface area (Å²) in [7, 11) is 1.26. The van der Waals surface area contributed by atoms with Crippen molar-refractivity contribution in [1.82, 2.24) is 9.55 Å². The van der Waals surface area contributed by atoms with E-state index in [9.17, 15) is 14.7 Å².